The predicted octanol–water partition coefficient (Wildman–Crippen LogP) is 17.3. The van der Waals surface area contributed by atoms with E-state index in [1.54, 1.807) is 0 Å². The van der Waals surface area contributed by atoms with Crippen LogP contribution in [0.2, 0.25) is 19.6 Å². The summed E-state index contributed by atoms with van der Waals surface area (Å²) in [5.41, 5.74) is 15.0. The van der Waals surface area contributed by atoms with Crippen LogP contribution in [0, 0.1) is 6.92 Å². The summed E-state index contributed by atoms with van der Waals surface area (Å²) in [4.78, 5) is 4.89. The van der Waals surface area contributed by atoms with Crippen LogP contribution in [0.5, 0.6) is 0 Å². The van der Waals surface area contributed by atoms with Crippen LogP contribution in [0.25, 0.3) is 43.4 Å². The summed E-state index contributed by atoms with van der Waals surface area (Å²) >= 11 is 0. The van der Waals surface area contributed by atoms with Gasteiger partial charge < -0.3 is 9.80 Å². The lowest BCUT2D eigenvalue weighted by Crippen LogP contribution is -2.37. The van der Waals surface area contributed by atoms with Gasteiger partial charge in [-0.15, -0.1) is 0 Å². The highest BCUT2D eigenvalue weighted by Crippen LogP contribution is 2.63. The zero-order valence-electron chi connectivity index (χ0n) is 39.0. The fourth-order valence-corrected chi connectivity index (χ4v) is 12.3. The smallest absolute Gasteiger partial charge is 0.0775 e. The Morgan fingerprint density at radius 3 is 1.35 bits per heavy atom. The van der Waals surface area contributed by atoms with Crippen LogP contribution in [0.15, 0.2) is 243 Å². The molecule has 0 atom stereocenters. The van der Waals surface area contributed by atoms with E-state index in [1.807, 2.05) is 0 Å². The molecule has 1 aliphatic carbocycles. The van der Waals surface area contributed by atoms with Gasteiger partial charge in [-0.25, -0.2) is 0 Å². The van der Waals surface area contributed by atoms with Gasteiger partial charge in [-0.1, -0.05) is 206 Å². The Morgan fingerprint density at radius 2 is 0.779 bits per heavy atom. The lowest BCUT2D eigenvalue weighted by atomic mass is 9.66. The third kappa shape index (κ3) is 6.60. The van der Waals surface area contributed by atoms with Crippen molar-refractivity contribution in [1.82, 2.24) is 0 Å². The van der Waals surface area contributed by atoms with E-state index in [-0.39, 0.29) is 0 Å². The van der Waals surface area contributed by atoms with Crippen molar-refractivity contribution in [1.29, 1.82) is 0 Å². The van der Waals surface area contributed by atoms with E-state index >= 15 is 0 Å². The molecule has 326 valence electrons. The maximum Gasteiger partial charge on any atom is 0.0775 e. The molecular formula is C65H52N2Si. The molecule has 3 heteroatoms. The zero-order chi connectivity index (χ0) is 46.0. The molecule has 68 heavy (non-hydrogen) atoms. The van der Waals surface area contributed by atoms with Crippen molar-refractivity contribution >= 4 is 79.7 Å². The van der Waals surface area contributed by atoms with Gasteiger partial charge in [0.2, 0.25) is 0 Å². The number of benzene rings is 11. The van der Waals surface area contributed by atoms with Crippen molar-refractivity contribution in [3.8, 4) is 11.1 Å². The number of nitrogens with zero attached hydrogens (tertiary/aromatic N) is 2. The number of aryl methyl sites for hydroxylation is 1. The molecule has 0 saturated heterocycles. The molecule has 0 N–H and O–H groups in total. The standard InChI is InChI=1S/C65H52N2Si/c1-45-33-35-50(36-34-45)66(48-25-13-7-14-26-48)52-39-42-58-59(43-52)54-29-17-19-31-56(54)63-62-57-32-20-18-30-55(57)61(67(49-27-15-8-16-28-49)51-37-40-53(41-38-51)68(2,3)4)44-60(62)65(64(58)63,46-21-9-5-10-22-46)47-23-11-6-12-24-47/h5-44H,1-4H3. The quantitative estimate of drug-likeness (QED) is 0.105. The highest BCUT2D eigenvalue weighted by Gasteiger charge is 2.49. The van der Waals surface area contributed by atoms with E-state index in [0.717, 1.165) is 34.1 Å². The summed E-state index contributed by atoms with van der Waals surface area (Å²) in [6.07, 6.45) is 0. The summed E-state index contributed by atoms with van der Waals surface area (Å²) in [6.45, 7) is 9.42. The average Bonchev–Trinajstić information content (AvgIpc) is 3.70. The molecule has 0 aromatic heterocycles. The number of hydrogen-bond donors (Lipinski definition) is 0. The van der Waals surface area contributed by atoms with Crippen molar-refractivity contribution in [3.05, 3.63) is 270 Å². The molecule has 0 heterocycles. The van der Waals surface area contributed by atoms with Gasteiger partial charge in [0.1, 0.15) is 0 Å². The van der Waals surface area contributed by atoms with Crippen LogP contribution in [0.4, 0.5) is 34.1 Å². The summed E-state index contributed by atoms with van der Waals surface area (Å²) in [6, 6.07) is 90.7. The number of hydrogen-bond acceptors (Lipinski definition) is 2. The minimum atomic E-state index is -1.55. The first-order chi connectivity index (χ1) is 33.3. The van der Waals surface area contributed by atoms with Gasteiger partial charge in [0.05, 0.1) is 19.2 Å². The van der Waals surface area contributed by atoms with Gasteiger partial charge in [0, 0.05) is 33.8 Å². The average molecular weight is 889 g/mol. The summed E-state index contributed by atoms with van der Waals surface area (Å²) in [5, 5.41) is 8.87. The molecule has 0 unspecified atom stereocenters. The third-order valence-corrected chi connectivity index (χ3v) is 16.4. The van der Waals surface area contributed by atoms with E-state index in [1.165, 1.54) is 76.4 Å². The summed E-state index contributed by atoms with van der Waals surface area (Å²) in [5.74, 6) is 0. The monoisotopic (exact) mass is 888 g/mol. The first kappa shape index (κ1) is 41.4. The Hall–Kier alpha value is -7.98. The second-order valence-corrected chi connectivity index (χ2v) is 24.4. The summed E-state index contributed by atoms with van der Waals surface area (Å²) < 4.78 is 0. The fraction of sp³-hybridized carbons (Fsp3) is 0.0769. The van der Waals surface area contributed by atoms with E-state index in [4.69, 9.17) is 0 Å². The molecule has 11 aromatic rings. The number of fused-ring (bicyclic) bond motifs is 10. The first-order valence-corrected chi connectivity index (χ1v) is 27.3. The molecule has 2 nitrogen and oxygen atoms in total. The Morgan fingerprint density at radius 1 is 0.338 bits per heavy atom. The highest BCUT2D eigenvalue weighted by atomic mass is 28.3. The van der Waals surface area contributed by atoms with Crippen LogP contribution in [0.1, 0.15) is 27.8 Å². The molecule has 11 aromatic carbocycles. The second-order valence-electron chi connectivity index (χ2n) is 19.3. The Labute approximate surface area is 401 Å². The van der Waals surface area contributed by atoms with Crippen LogP contribution < -0.4 is 15.0 Å². The van der Waals surface area contributed by atoms with Gasteiger partial charge in [-0.05, 0) is 134 Å². The van der Waals surface area contributed by atoms with Crippen molar-refractivity contribution in [3.63, 3.8) is 0 Å². The number of anilines is 6. The molecule has 0 fully saturated rings. The minimum absolute atomic E-state index is 0.699. The van der Waals surface area contributed by atoms with Crippen molar-refractivity contribution < 1.29 is 0 Å². The van der Waals surface area contributed by atoms with Crippen LogP contribution in [0.3, 0.4) is 0 Å². The van der Waals surface area contributed by atoms with Gasteiger partial charge >= 0.3 is 0 Å². The van der Waals surface area contributed by atoms with Crippen molar-refractivity contribution in [2.24, 2.45) is 0 Å². The van der Waals surface area contributed by atoms with Gasteiger partial charge in [0.25, 0.3) is 0 Å². The Bertz CT molecular complexity index is 3600. The Balaban J connectivity index is 1.23. The first-order valence-electron chi connectivity index (χ1n) is 23.8. The molecule has 0 amide bonds. The fourth-order valence-electron chi connectivity index (χ4n) is 11.2. The zero-order valence-corrected chi connectivity index (χ0v) is 40.0. The molecule has 0 aliphatic heterocycles. The van der Waals surface area contributed by atoms with Gasteiger partial charge in [-0.3, -0.25) is 0 Å². The normalized spacial score (nSPS) is 12.8. The van der Waals surface area contributed by atoms with Crippen LogP contribution >= 0.6 is 0 Å². The predicted molar refractivity (Wildman–Crippen MR) is 293 cm³/mol. The third-order valence-electron chi connectivity index (χ3n) is 14.3. The molecule has 0 saturated carbocycles. The lowest BCUT2D eigenvalue weighted by molar-refractivity contribution is 0.776. The topological polar surface area (TPSA) is 6.48 Å². The molecule has 1 aliphatic rings. The molecule has 0 bridgehead atoms. The van der Waals surface area contributed by atoms with Gasteiger partial charge in [0.15, 0.2) is 0 Å². The maximum atomic E-state index is 2.56. The van der Waals surface area contributed by atoms with Crippen LogP contribution in [-0.2, 0) is 5.41 Å². The van der Waals surface area contributed by atoms with Crippen molar-refractivity contribution in [2.75, 3.05) is 9.80 Å². The highest BCUT2D eigenvalue weighted by molar-refractivity contribution is 6.88. The summed E-state index contributed by atoms with van der Waals surface area (Å²) in [7, 11) is -1.55. The van der Waals surface area contributed by atoms with E-state index in [9.17, 15) is 0 Å². The second kappa shape index (κ2) is 16.4. The van der Waals surface area contributed by atoms with Crippen LogP contribution in [-0.4, -0.2) is 8.07 Å². The number of para-hydroxylation sites is 2. The van der Waals surface area contributed by atoms with Gasteiger partial charge in [-0.2, -0.15) is 0 Å². The lowest BCUT2D eigenvalue weighted by Gasteiger charge is -2.36. The van der Waals surface area contributed by atoms with E-state index < -0.39 is 13.5 Å². The largest absolute Gasteiger partial charge is 0.310 e. The maximum absolute atomic E-state index is 2.56. The minimum Gasteiger partial charge on any atom is -0.310 e. The number of rotatable bonds is 9. The molecule has 0 radical (unpaired) electrons. The van der Waals surface area contributed by atoms with Crippen molar-refractivity contribution in [2.45, 2.75) is 32.0 Å². The SMILES string of the molecule is Cc1ccc(N(c2ccccc2)c2ccc3c4c(c5ccccc5c3c2)-c2c(cc(N(c3ccccc3)c3ccc([Si](C)(C)C)cc3)c3ccccc23)C4(c2ccccc2)c2ccccc2)cc1. The Kier molecular flexibility index (Phi) is 10.0. The van der Waals surface area contributed by atoms with E-state index in [2.05, 4.69) is 279 Å². The molecular weight excluding hydrogens is 837 g/mol. The molecule has 12 rings (SSSR count). The van der Waals surface area contributed by atoms with E-state index in [0.29, 0.717) is 0 Å². The molecule has 0 spiro atoms.